The Morgan fingerprint density at radius 3 is 2.05 bits per heavy atom. The predicted molar refractivity (Wildman–Crippen MR) is 251 cm³/mol. The van der Waals surface area contributed by atoms with Crippen molar-refractivity contribution in [3.63, 3.8) is 0 Å². The minimum atomic E-state index is -0.842. The number of fused-ring (bicyclic) bond motifs is 4. The van der Waals surface area contributed by atoms with Crippen LogP contribution < -0.4 is 14.5 Å². The average molecular weight is 800 g/mol. The number of nitrogens with zero attached hydrogens (tertiary/aromatic N) is 4. The van der Waals surface area contributed by atoms with Crippen molar-refractivity contribution in [2.24, 2.45) is 0 Å². The van der Waals surface area contributed by atoms with Crippen LogP contribution in [0.4, 0.5) is 27.1 Å². The quantitative estimate of drug-likeness (QED) is 0.153. The van der Waals surface area contributed by atoms with Crippen LogP contribution in [0.1, 0.15) is 53.0 Å². The van der Waals surface area contributed by atoms with Gasteiger partial charge in [-0.15, -0.1) is 0 Å². The van der Waals surface area contributed by atoms with Gasteiger partial charge in [0, 0.05) is 41.7 Å². The van der Waals surface area contributed by atoms with Crippen LogP contribution in [0.15, 0.2) is 176 Å². The Morgan fingerprint density at radius 1 is 0.607 bits per heavy atom. The molecule has 7 aromatic carbocycles. The van der Waals surface area contributed by atoms with Crippen molar-refractivity contribution in [1.29, 1.82) is 0 Å². The zero-order chi connectivity index (χ0) is 42.8. The Kier molecular flexibility index (Phi) is 9.14. The van der Waals surface area contributed by atoms with Crippen molar-refractivity contribution in [1.82, 2.24) is 9.55 Å². The molecule has 10 rings (SSSR count). The van der Waals surface area contributed by atoms with E-state index >= 15 is 0 Å². The molecule has 0 amide bonds. The average Bonchev–Trinajstić information content (AvgIpc) is 3.82. The summed E-state index contributed by atoms with van der Waals surface area (Å²) in [6, 6.07) is 57.1. The standard InChI is InChI=1S/C55H47FN4O/c1-36(2)44-14-6-7-15-45(44)38-30-41(58-35-59(52-21-13-12-20-51(52)58)49-18-10-8-16-46(49)37-22-24-40(56)25-23-37)33-43(31-38)61-42-26-27-48-47-17-9-11-19-50(47)60(53(48)34-42)54-32-39(28-29-57-54)55(3,4)5/h6-34,36H,35H2,1-5H3/i36D. The van der Waals surface area contributed by atoms with Gasteiger partial charge in [-0.1, -0.05) is 120 Å². The first kappa shape index (κ1) is 36.9. The number of aromatic nitrogens is 2. The minimum Gasteiger partial charge on any atom is -0.457 e. The lowest BCUT2D eigenvalue weighted by Gasteiger charge is -2.25. The monoisotopic (exact) mass is 799 g/mol. The van der Waals surface area contributed by atoms with E-state index in [4.69, 9.17) is 11.1 Å². The first-order valence-corrected chi connectivity index (χ1v) is 20.8. The second-order valence-electron chi connectivity index (χ2n) is 17.1. The third-order valence-electron chi connectivity index (χ3n) is 11.8. The lowest BCUT2D eigenvalue weighted by molar-refractivity contribution is 0.483. The molecule has 2 aromatic heterocycles. The fourth-order valence-corrected chi connectivity index (χ4v) is 8.75. The number of pyridine rings is 1. The molecule has 1 aliphatic heterocycles. The number of ether oxygens (including phenoxy) is 1. The molecule has 3 heterocycles. The summed E-state index contributed by atoms with van der Waals surface area (Å²) in [5.74, 6) is 1.13. The van der Waals surface area contributed by atoms with Gasteiger partial charge < -0.3 is 14.5 Å². The van der Waals surface area contributed by atoms with Gasteiger partial charge in [0.1, 0.15) is 29.8 Å². The van der Waals surface area contributed by atoms with Crippen molar-refractivity contribution < 1.29 is 10.5 Å². The highest BCUT2D eigenvalue weighted by atomic mass is 19.1. The van der Waals surface area contributed by atoms with Gasteiger partial charge in [-0.25, -0.2) is 9.37 Å². The largest absolute Gasteiger partial charge is 0.457 e. The first-order chi connectivity index (χ1) is 29.9. The molecule has 0 radical (unpaired) electrons. The van der Waals surface area contributed by atoms with E-state index < -0.39 is 5.89 Å². The second kappa shape index (κ2) is 15.1. The lowest BCUT2D eigenvalue weighted by atomic mass is 9.88. The van der Waals surface area contributed by atoms with Crippen LogP contribution in [0.2, 0.25) is 0 Å². The van der Waals surface area contributed by atoms with E-state index in [-0.39, 0.29) is 11.2 Å². The van der Waals surface area contributed by atoms with Gasteiger partial charge in [0.25, 0.3) is 0 Å². The Hall–Kier alpha value is -7.18. The smallest absolute Gasteiger partial charge is 0.137 e. The molecule has 0 unspecified atom stereocenters. The minimum absolute atomic E-state index is 0.0416. The molecule has 6 heteroatoms. The van der Waals surface area contributed by atoms with Crippen LogP contribution in [0, 0.1) is 5.82 Å². The summed E-state index contributed by atoms with van der Waals surface area (Å²) >= 11 is 0. The molecule has 1 aliphatic rings. The molecule has 0 saturated heterocycles. The highest BCUT2D eigenvalue weighted by Crippen LogP contribution is 2.48. The zero-order valence-corrected chi connectivity index (χ0v) is 35.0. The summed E-state index contributed by atoms with van der Waals surface area (Å²) in [6.45, 7) is 11.1. The van der Waals surface area contributed by atoms with E-state index in [9.17, 15) is 4.39 Å². The highest BCUT2D eigenvalue weighted by Gasteiger charge is 2.30. The van der Waals surface area contributed by atoms with Crippen LogP contribution in [-0.4, -0.2) is 16.2 Å². The molecular formula is C55H47FN4O. The fraction of sp³-hybridized carbons (Fsp3) is 0.145. The van der Waals surface area contributed by atoms with Gasteiger partial charge >= 0.3 is 0 Å². The number of halogens is 1. The number of anilines is 4. The van der Waals surface area contributed by atoms with Gasteiger partial charge in [0.15, 0.2) is 0 Å². The third-order valence-corrected chi connectivity index (χ3v) is 11.8. The van der Waals surface area contributed by atoms with Crippen LogP contribution >= 0.6 is 0 Å². The summed E-state index contributed by atoms with van der Waals surface area (Å²) in [4.78, 5) is 9.53. The van der Waals surface area contributed by atoms with E-state index in [2.05, 4.69) is 144 Å². The maximum Gasteiger partial charge on any atom is 0.137 e. The molecule has 9 aromatic rings. The molecular weight excluding hydrogens is 752 g/mol. The van der Waals surface area contributed by atoms with E-state index in [0.29, 0.717) is 18.2 Å². The molecule has 0 fully saturated rings. The summed E-state index contributed by atoms with van der Waals surface area (Å²) in [7, 11) is 0. The number of benzene rings is 7. The Morgan fingerprint density at radius 2 is 1.28 bits per heavy atom. The van der Waals surface area contributed by atoms with E-state index in [1.54, 1.807) is 0 Å². The van der Waals surface area contributed by atoms with E-state index in [0.717, 1.165) is 78.2 Å². The fourth-order valence-electron chi connectivity index (χ4n) is 8.75. The number of para-hydroxylation sites is 4. The van der Waals surface area contributed by atoms with E-state index in [1.807, 2.05) is 68.6 Å². The maximum absolute atomic E-state index is 14.1. The molecule has 0 saturated carbocycles. The Bertz CT molecular complexity index is 3140. The number of hydrogen-bond donors (Lipinski definition) is 0. The SMILES string of the molecule is [2H]C(C)(C)c1ccccc1-c1cc(Oc2ccc3c4ccccc4n(-c4cc(C(C)(C)C)ccn4)c3c2)cc(N2CN(c3ccccc3-c3ccc(F)cc3)c3ccccc32)c1. The van der Waals surface area contributed by atoms with Crippen LogP contribution in [0.3, 0.4) is 0 Å². The van der Waals surface area contributed by atoms with Crippen molar-refractivity contribution in [3.05, 3.63) is 193 Å². The molecule has 61 heavy (non-hydrogen) atoms. The second-order valence-corrected chi connectivity index (χ2v) is 17.1. The topological polar surface area (TPSA) is 33.5 Å². The van der Waals surface area contributed by atoms with E-state index in [1.165, 1.54) is 17.7 Å². The van der Waals surface area contributed by atoms with Gasteiger partial charge in [-0.05, 0) is 112 Å². The van der Waals surface area contributed by atoms with Crippen LogP contribution in [0.25, 0.3) is 49.9 Å². The molecule has 0 atom stereocenters. The van der Waals surface area contributed by atoms with Crippen molar-refractivity contribution in [2.75, 3.05) is 16.5 Å². The maximum atomic E-state index is 14.1. The molecule has 0 N–H and O–H groups in total. The molecule has 0 spiro atoms. The van der Waals surface area contributed by atoms with Crippen LogP contribution in [0.5, 0.6) is 11.5 Å². The predicted octanol–water partition coefficient (Wildman–Crippen LogP) is 15.1. The van der Waals surface area contributed by atoms with Crippen molar-refractivity contribution >= 4 is 44.6 Å². The van der Waals surface area contributed by atoms with Crippen LogP contribution in [-0.2, 0) is 5.41 Å². The molecule has 5 nitrogen and oxygen atoms in total. The summed E-state index contributed by atoms with van der Waals surface area (Å²) in [5, 5.41) is 2.26. The molecule has 300 valence electrons. The first-order valence-electron chi connectivity index (χ1n) is 21.3. The molecule has 0 aliphatic carbocycles. The van der Waals surface area contributed by atoms with Gasteiger partial charge in [-0.2, -0.15) is 0 Å². The number of rotatable bonds is 8. The Balaban J connectivity index is 1.11. The summed E-state index contributed by atoms with van der Waals surface area (Å²) in [6.07, 6.45) is 1.90. The van der Waals surface area contributed by atoms with Crippen molar-refractivity contribution in [2.45, 2.75) is 45.9 Å². The Labute approximate surface area is 358 Å². The highest BCUT2D eigenvalue weighted by molar-refractivity contribution is 6.09. The normalized spacial score (nSPS) is 13.2. The lowest BCUT2D eigenvalue weighted by Crippen LogP contribution is -2.24. The van der Waals surface area contributed by atoms with Gasteiger partial charge in [0.05, 0.1) is 28.1 Å². The van der Waals surface area contributed by atoms with Crippen molar-refractivity contribution in [3.8, 4) is 39.6 Å². The third kappa shape index (κ3) is 6.98. The van der Waals surface area contributed by atoms with Gasteiger partial charge in [0.2, 0.25) is 0 Å². The number of hydrogen-bond acceptors (Lipinski definition) is 4. The zero-order valence-electron chi connectivity index (χ0n) is 36.0. The van der Waals surface area contributed by atoms with Gasteiger partial charge in [-0.3, -0.25) is 4.57 Å². The summed E-state index contributed by atoms with van der Waals surface area (Å²) < 4.78 is 32.4. The summed E-state index contributed by atoms with van der Waals surface area (Å²) in [5.41, 5.74) is 12.1. The molecule has 0 bridgehead atoms.